The van der Waals surface area contributed by atoms with E-state index in [-0.39, 0.29) is 18.3 Å². The Balaban J connectivity index is 1.51. The summed E-state index contributed by atoms with van der Waals surface area (Å²) in [5, 5.41) is 0. The summed E-state index contributed by atoms with van der Waals surface area (Å²) in [4.78, 5) is 16.2. The van der Waals surface area contributed by atoms with Gasteiger partial charge in [0.05, 0.1) is 31.7 Å². The molecular weight excluding hydrogens is 339 g/mol. The van der Waals surface area contributed by atoms with Crippen molar-refractivity contribution < 1.29 is 23.1 Å². The van der Waals surface area contributed by atoms with Gasteiger partial charge in [0, 0.05) is 25.7 Å². The molecule has 0 aliphatic carbocycles. The molecule has 1 aromatic carbocycles. The van der Waals surface area contributed by atoms with Gasteiger partial charge < -0.3 is 18.8 Å². The number of hydrogen-bond acceptors (Lipinski definition) is 5. The van der Waals surface area contributed by atoms with Crippen molar-refractivity contribution in [3.8, 4) is 0 Å². The van der Waals surface area contributed by atoms with Crippen LogP contribution in [-0.2, 0) is 20.8 Å². The SMILES string of the molecule is O=C1CO[C@@]2(COCCN(Cc3ccc(F)cc3)C2)CN1c1ccoc1. The van der Waals surface area contributed by atoms with Crippen molar-refractivity contribution in [1.29, 1.82) is 0 Å². The normalized spacial score (nSPS) is 24.8. The van der Waals surface area contributed by atoms with Crippen molar-refractivity contribution in [3.05, 3.63) is 54.2 Å². The molecule has 0 radical (unpaired) electrons. The number of rotatable bonds is 3. The molecule has 6 nitrogen and oxygen atoms in total. The number of hydrogen-bond donors (Lipinski definition) is 0. The van der Waals surface area contributed by atoms with E-state index >= 15 is 0 Å². The van der Waals surface area contributed by atoms with E-state index in [4.69, 9.17) is 13.9 Å². The fourth-order valence-electron chi connectivity index (χ4n) is 3.51. The van der Waals surface area contributed by atoms with E-state index < -0.39 is 5.60 Å². The van der Waals surface area contributed by atoms with Crippen LogP contribution in [0.1, 0.15) is 5.56 Å². The number of ether oxygens (including phenoxy) is 2. The zero-order valence-corrected chi connectivity index (χ0v) is 14.4. The first-order valence-corrected chi connectivity index (χ1v) is 8.65. The van der Waals surface area contributed by atoms with Crippen LogP contribution in [0.25, 0.3) is 0 Å². The second kappa shape index (κ2) is 7.19. The van der Waals surface area contributed by atoms with E-state index in [9.17, 15) is 9.18 Å². The Hall–Kier alpha value is -2.22. The predicted molar refractivity (Wildman–Crippen MR) is 92.2 cm³/mol. The van der Waals surface area contributed by atoms with E-state index in [1.165, 1.54) is 12.1 Å². The summed E-state index contributed by atoms with van der Waals surface area (Å²) >= 11 is 0. The monoisotopic (exact) mass is 360 g/mol. The van der Waals surface area contributed by atoms with Crippen molar-refractivity contribution in [1.82, 2.24) is 4.90 Å². The Kier molecular flexibility index (Phi) is 4.76. The highest BCUT2D eigenvalue weighted by Crippen LogP contribution is 2.28. The third-order valence-electron chi connectivity index (χ3n) is 4.82. The zero-order chi connectivity index (χ0) is 18.0. The fraction of sp³-hybridized carbons (Fsp3) is 0.421. The van der Waals surface area contributed by atoms with Gasteiger partial charge in [0.15, 0.2) is 0 Å². The molecule has 0 N–H and O–H groups in total. The number of carbonyl (C=O) groups excluding carboxylic acids is 1. The van der Waals surface area contributed by atoms with Crippen molar-refractivity contribution in [2.75, 3.05) is 44.4 Å². The van der Waals surface area contributed by atoms with E-state index in [1.54, 1.807) is 35.6 Å². The summed E-state index contributed by atoms with van der Waals surface area (Å²) in [6.07, 6.45) is 3.11. The summed E-state index contributed by atoms with van der Waals surface area (Å²) in [5.41, 5.74) is 1.16. The van der Waals surface area contributed by atoms with Crippen molar-refractivity contribution in [2.45, 2.75) is 12.1 Å². The molecule has 26 heavy (non-hydrogen) atoms. The summed E-state index contributed by atoms with van der Waals surface area (Å²) in [6.45, 7) is 3.49. The minimum atomic E-state index is -0.596. The van der Waals surface area contributed by atoms with Crippen LogP contribution >= 0.6 is 0 Å². The van der Waals surface area contributed by atoms with Crippen LogP contribution in [0.5, 0.6) is 0 Å². The maximum atomic E-state index is 13.1. The van der Waals surface area contributed by atoms with Gasteiger partial charge in [0.25, 0.3) is 5.91 Å². The highest BCUT2D eigenvalue weighted by atomic mass is 19.1. The first-order chi connectivity index (χ1) is 12.6. The van der Waals surface area contributed by atoms with Crippen molar-refractivity contribution in [2.24, 2.45) is 0 Å². The van der Waals surface area contributed by atoms with Gasteiger partial charge >= 0.3 is 0 Å². The molecule has 2 fully saturated rings. The van der Waals surface area contributed by atoms with Gasteiger partial charge in [0.2, 0.25) is 0 Å². The lowest BCUT2D eigenvalue weighted by Gasteiger charge is -2.42. The maximum absolute atomic E-state index is 13.1. The lowest BCUT2D eigenvalue weighted by Crippen LogP contribution is -2.60. The van der Waals surface area contributed by atoms with E-state index in [1.807, 2.05) is 0 Å². The Morgan fingerprint density at radius 2 is 2.00 bits per heavy atom. The fourth-order valence-corrected chi connectivity index (χ4v) is 3.51. The standard InChI is InChI=1S/C19H21FN2O4/c20-16-3-1-15(2-4-16)9-21-6-8-25-14-19(12-21)13-22(18(23)11-26-19)17-5-7-24-10-17/h1-5,7,10H,6,8-9,11-14H2/t19-/m1/s1. The second-order valence-corrected chi connectivity index (χ2v) is 6.82. The van der Waals surface area contributed by atoms with E-state index in [0.717, 1.165) is 17.8 Å². The molecule has 1 spiro atoms. The Labute approximate surface area is 151 Å². The number of halogens is 1. The van der Waals surface area contributed by atoms with E-state index in [2.05, 4.69) is 4.90 Å². The topological polar surface area (TPSA) is 55.2 Å². The van der Waals surface area contributed by atoms with Gasteiger partial charge in [-0.2, -0.15) is 0 Å². The second-order valence-electron chi connectivity index (χ2n) is 6.82. The Bertz CT molecular complexity index is 749. The van der Waals surface area contributed by atoms with Crippen LogP contribution in [0.15, 0.2) is 47.3 Å². The number of morpholine rings is 1. The Morgan fingerprint density at radius 1 is 1.15 bits per heavy atom. The quantitative estimate of drug-likeness (QED) is 0.839. The van der Waals surface area contributed by atoms with Gasteiger partial charge in [-0.05, 0) is 17.7 Å². The van der Waals surface area contributed by atoms with Crippen molar-refractivity contribution >= 4 is 11.6 Å². The van der Waals surface area contributed by atoms with Gasteiger partial charge in [-0.1, -0.05) is 12.1 Å². The lowest BCUT2D eigenvalue weighted by atomic mass is 10.0. The summed E-state index contributed by atoms with van der Waals surface area (Å²) in [7, 11) is 0. The smallest absolute Gasteiger partial charge is 0.253 e. The van der Waals surface area contributed by atoms with Gasteiger partial charge in [0.1, 0.15) is 24.3 Å². The molecule has 0 bridgehead atoms. The number of benzene rings is 1. The van der Waals surface area contributed by atoms with E-state index in [0.29, 0.717) is 32.8 Å². The zero-order valence-electron chi connectivity index (χ0n) is 14.4. The molecule has 2 aliphatic heterocycles. The molecule has 138 valence electrons. The van der Waals surface area contributed by atoms with Crippen LogP contribution in [0.4, 0.5) is 10.1 Å². The molecule has 0 saturated carbocycles. The van der Waals surface area contributed by atoms with Crippen LogP contribution in [0, 0.1) is 5.82 Å². The molecule has 2 aromatic rings. The van der Waals surface area contributed by atoms with Gasteiger partial charge in [-0.15, -0.1) is 0 Å². The third kappa shape index (κ3) is 3.65. The summed E-state index contributed by atoms with van der Waals surface area (Å²) < 4.78 is 30.0. The highest BCUT2D eigenvalue weighted by molar-refractivity contribution is 5.95. The largest absolute Gasteiger partial charge is 0.470 e. The van der Waals surface area contributed by atoms with Crippen LogP contribution < -0.4 is 4.90 Å². The Morgan fingerprint density at radius 3 is 2.77 bits per heavy atom. The van der Waals surface area contributed by atoms with Crippen LogP contribution in [-0.4, -0.2) is 55.9 Å². The van der Waals surface area contributed by atoms with Gasteiger partial charge in [-0.3, -0.25) is 9.69 Å². The van der Waals surface area contributed by atoms with Crippen LogP contribution in [0.3, 0.4) is 0 Å². The lowest BCUT2D eigenvalue weighted by molar-refractivity contribution is -0.146. The number of carbonyl (C=O) groups is 1. The molecule has 1 amide bonds. The minimum Gasteiger partial charge on any atom is -0.470 e. The molecular formula is C19H21FN2O4. The third-order valence-corrected chi connectivity index (χ3v) is 4.82. The molecule has 1 atom stereocenters. The number of amides is 1. The maximum Gasteiger partial charge on any atom is 0.253 e. The van der Waals surface area contributed by atoms with Crippen LogP contribution in [0.2, 0.25) is 0 Å². The average Bonchev–Trinajstić information content (AvgIpc) is 3.10. The van der Waals surface area contributed by atoms with Crippen molar-refractivity contribution in [3.63, 3.8) is 0 Å². The first-order valence-electron chi connectivity index (χ1n) is 8.65. The first kappa shape index (κ1) is 17.2. The molecule has 0 unspecified atom stereocenters. The summed E-state index contributed by atoms with van der Waals surface area (Å²) in [6, 6.07) is 8.28. The number of anilines is 1. The molecule has 7 heteroatoms. The number of furan rings is 1. The summed E-state index contributed by atoms with van der Waals surface area (Å²) in [5.74, 6) is -0.333. The highest BCUT2D eigenvalue weighted by Gasteiger charge is 2.43. The molecule has 2 aliphatic rings. The molecule has 1 aromatic heterocycles. The molecule has 3 heterocycles. The predicted octanol–water partition coefficient (Wildman–Crippen LogP) is 2.05. The molecule has 4 rings (SSSR count). The van der Waals surface area contributed by atoms with Gasteiger partial charge in [-0.25, -0.2) is 4.39 Å². The number of nitrogens with zero attached hydrogens (tertiary/aromatic N) is 2. The molecule has 2 saturated heterocycles. The average molecular weight is 360 g/mol. The minimum absolute atomic E-state index is 0.0128.